The van der Waals surface area contributed by atoms with Crippen LogP contribution in [0.4, 0.5) is 19.0 Å². The molecule has 5 aliphatic rings. The Labute approximate surface area is 203 Å². The Morgan fingerprint density at radius 1 is 1.09 bits per heavy atom. The number of aromatic nitrogens is 1. The number of pyridine rings is 1. The van der Waals surface area contributed by atoms with Crippen molar-refractivity contribution in [1.82, 2.24) is 20.5 Å². The van der Waals surface area contributed by atoms with Gasteiger partial charge in [0.2, 0.25) is 11.8 Å². The predicted octanol–water partition coefficient (Wildman–Crippen LogP) is 2.81. The lowest BCUT2D eigenvalue weighted by atomic mass is 9.51. The summed E-state index contributed by atoms with van der Waals surface area (Å²) in [5, 5.41) is 6.61. The van der Waals surface area contributed by atoms with Crippen LogP contribution in [0, 0.1) is 17.8 Å². The van der Waals surface area contributed by atoms with Crippen LogP contribution >= 0.6 is 0 Å². The van der Waals surface area contributed by atoms with Gasteiger partial charge in [-0.15, -0.1) is 0 Å². The summed E-state index contributed by atoms with van der Waals surface area (Å²) in [6.07, 6.45) is 1.67. The molecule has 1 aromatic rings. The number of carbonyl (C=O) groups excluding carboxylic acids is 2. The van der Waals surface area contributed by atoms with Gasteiger partial charge in [0.1, 0.15) is 5.82 Å². The van der Waals surface area contributed by atoms with Gasteiger partial charge >= 0.3 is 6.18 Å². The van der Waals surface area contributed by atoms with Gasteiger partial charge in [0.05, 0.1) is 11.6 Å². The van der Waals surface area contributed by atoms with Crippen LogP contribution in [-0.2, 0) is 15.8 Å². The number of piperazine rings is 1. The Hall–Kier alpha value is -2.36. The Morgan fingerprint density at radius 2 is 1.74 bits per heavy atom. The van der Waals surface area contributed by atoms with Gasteiger partial charge in [0.15, 0.2) is 0 Å². The molecule has 3 unspecified atom stereocenters. The van der Waals surface area contributed by atoms with E-state index in [1.807, 2.05) is 11.8 Å². The van der Waals surface area contributed by atoms with Gasteiger partial charge in [-0.05, 0) is 68.9 Å². The summed E-state index contributed by atoms with van der Waals surface area (Å²) >= 11 is 0. The zero-order valence-electron chi connectivity index (χ0n) is 20.3. The van der Waals surface area contributed by atoms with E-state index in [-0.39, 0.29) is 29.4 Å². The molecule has 7 nitrogen and oxygen atoms in total. The van der Waals surface area contributed by atoms with Crippen LogP contribution in [0.3, 0.4) is 0 Å². The second-order valence-electron chi connectivity index (χ2n) is 11.1. The number of nitrogens with zero attached hydrogens (tertiary/aromatic N) is 3. The molecule has 0 spiro atoms. The Balaban J connectivity index is 1.15. The van der Waals surface area contributed by atoms with Crippen molar-refractivity contribution in [1.29, 1.82) is 0 Å². The highest BCUT2D eigenvalue weighted by Gasteiger charge is 2.56. The predicted molar refractivity (Wildman–Crippen MR) is 125 cm³/mol. The second-order valence-corrected chi connectivity index (χ2v) is 11.1. The molecule has 192 valence electrons. The van der Waals surface area contributed by atoms with Crippen molar-refractivity contribution in [2.45, 2.75) is 69.8 Å². The maximum absolute atomic E-state index is 13.2. The molecule has 2 heterocycles. The van der Waals surface area contributed by atoms with Crippen molar-refractivity contribution in [3.63, 3.8) is 0 Å². The highest BCUT2D eigenvalue weighted by Crippen LogP contribution is 2.55. The summed E-state index contributed by atoms with van der Waals surface area (Å²) in [4.78, 5) is 33.1. The minimum Gasteiger partial charge on any atom is -0.354 e. The third kappa shape index (κ3) is 4.86. The second kappa shape index (κ2) is 8.94. The molecule has 35 heavy (non-hydrogen) atoms. The fourth-order valence-corrected chi connectivity index (χ4v) is 7.32. The number of hydrogen-bond acceptors (Lipinski definition) is 5. The molecule has 5 fully saturated rings. The molecule has 1 saturated heterocycles. The maximum atomic E-state index is 13.2. The molecule has 0 radical (unpaired) electrons. The zero-order chi connectivity index (χ0) is 25.0. The van der Waals surface area contributed by atoms with Gasteiger partial charge in [-0.2, -0.15) is 13.2 Å². The number of amides is 2. The molecule has 0 aromatic carbocycles. The molecule has 2 N–H and O–H groups in total. The standard InChI is InChI=1S/C25H34F3N5O2/c1-15(32-5-7-33(8-6-32)21-4-3-20(14-29-21)25(26,27)28)23(35)30-22-18-9-17-10-19(22)13-24(11-17,12-18)31-16(2)34/h3-4,14-15,17-19,22H,5-13H2,1-2H3,(H,30,35)(H,31,34). The molecule has 4 aliphatic carbocycles. The van der Waals surface area contributed by atoms with Crippen LogP contribution in [0.1, 0.15) is 51.5 Å². The first-order chi connectivity index (χ1) is 16.5. The van der Waals surface area contributed by atoms with Crippen LogP contribution in [0.5, 0.6) is 0 Å². The summed E-state index contributed by atoms with van der Waals surface area (Å²) in [7, 11) is 0. The summed E-state index contributed by atoms with van der Waals surface area (Å²) in [5.74, 6) is 2.05. The lowest BCUT2D eigenvalue weighted by molar-refractivity contribution is -0.137. The maximum Gasteiger partial charge on any atom is 0.417 e. The Bertz CT molecular complexity index is 945. The molecule has 4 bridgehead atoms. The molecule has 2 amide bonds. The Kier molecular flexibility index (Phi) is 6.22. The van der Waals surface area contributed by atoms with E-state index in [1.165, 1.54) is 6.07 Å². The highest BCUT2D eigenvalue weighted by atomic mass is 19.4. The number of rotatable bonds is 5. The largest absolute Gasteiger partial charge is 0.417 e. The van der Waals surface area contributed by atoms with Gasteiger partial charge in [-0.1, -0.05) is 0 Å². The van der Waals surface area contributed by atoms with Gasteiger partial charge in [-0.3, -0.25) is 14.5 Å². The third-order valence-electron chi connectivity index (χ3n) is 8.66. The van der Waals surface area contributed by atoms with Crippen LogP contribution in [0.15, 0.2) is 18.3 Å². The number of anilines is 1. The molecule has 10 heteroatoms. The summed E-state index contributed by atoms with van der Waals surface area (Å²) in [5.41, 5.74) is -0.837. The van der Waals surface area contributed by atoms with E-state index >= 15 is 0 Å². The van der Waals surface area contributed by atoms with Crippen molar-refractivity contribution in [3.05, 3.63) is 23.9 Å². The van der Waals surface area contributed by atoms with Crippen LogP contribution in [0.25, 0.3) is 0 Å². The molecule has 6 rings (SSSR count). The zero-order valence-corrected chi connectivity index (χ0v) is 20.3. The van der Waals surface area contributed by atoms with E-state index in [1.54, 1.807) is 6.92 Å². The van der Waals surface area contributed by atoms with E-state index in [2.05, 4.69) is 20.5 Å². The molecular formula is C25H34F3N5O2. The van der Waals surface area contributed by atoms with Crippen molar-refractivity contribution in [2.24, 2.45) is 17.8 Å². The number of alkyl halides is 3. The molecule has 1 aromatic heterocycles. The van der Waals surface area contributed by atoms with Gasteiger partial charge < -0.3 is 15.5 Å². The first kappa shape index (κ1) is 24.3. The SMILES string of the molecule is CC(=O)NC12CC3CC(C1)C(NC(=O)C(C)N1CCN(c4ccc(C(F)(F)F)cn4)CC1)C(C3)C2. The first-order valence-corrected chi connectivity index (χ1v) is 12.6. The van der Waals surface area contributed by atoms with E-state index in [9.17, 15) is 22.8 Å². The number of carbonyl (C=O) groups is 2. The van der Waals surface area contributed by atoms with Crippen LogP contribution < -0.4 is 15.5 Å². The number of hydrogen-bond donors (Lipinski definition) is 2. The molecule has 4 saturated carbocycles. The molecule has 3 atom stereocenters. The number of halogens is 3. The van der Waals surface area contributed by atoms with E-state index in [4.69, 9.17) is 0 Å². The molecular weight excluding hydrogens is 459 g/mol. The first-order valence-electron chi connectivity index (χ1n) is 12.6. The molecule has 1 aliphatic heterocycles. The van der Waals surface area contributed by atoms with Gasteiger partial charge in [0, 0.05) is 50.9 Å². The fraction of sp³-hybridized carbons (Fsp3) is 0.720. The normalized spacial score (nSPS) is 33.5. The van der Waals surface area contributed by atoms with Crippen molar-refractivity contribution >= 4 is 17.6 Å². The summed E-state index contributed by atoms with van der Waals surface area (Å²) in [6, 6.07) is 2.36. The monoisotopic (exact) mass is 493 g/mol. The summed E-state index contributed by atoms with van der Waals surface area (Å²) < 4.78 is 38.4. The smallest absolute Gasteiger partial charge is 0.354 e. The number of nitrogens with one attached hydrogen (secondary N) is 2. The van der Waals surface area contributed by atoms with Crippen molar-refractivity contribution in [3.8, 4) is 0 Å². The quantitative estimate of drug-likeness (QED) is 0.660. The lowest BCUT2D eigenvalue weighted by Gasteiger charge is -2.60. The van der Waals surface area contributed by atoms with E-state index < -0.39 is 11.7 Å². The summed E-state index contributed by atoms with van der Waals surface area (Å²) in [6.45, 7) is 6.01. The van der Waals surface area contributed by atoms with Crippen molar-refractivity contribution < 1.29 is 22.8 Å². The van der Waals surface area contributed by atoms with E-state index in [0.29, 0.717) is 49.8 Å². The van der Waals surface area contributed by atoms with Crippen LogP contribution in [-0.4, -0.2) is 65.5 Å². The van der Waals surface area contributed by atoms with Crippen LogP contribution in [0.2, 0.25) is 0 Å². The Morgan fingerprint density at radius 3 is 2.29 bits per heavy atom. The third-order valence-corrected chi connectivity index (χ3v) is 8.66. The van der Waals surface area contributed by atoms with Gasteiger partial charge in [0.25, 0.3) is 0 Å². The lowest BCUT2D eigenvalue weighted by Crippen LogP contribution is -2.67. The van der Waals surface area contributed by atoms with Gasteiger partial charge in [-0.25, -0.2) is 4.98 Å². The highest BCUT2D eigenvalue weighted by molar-refractivity contribution is 5.81. The average molecular weight is 494 g/mol. The minimum absolute atomic E-state index is 0.0341. The topological polar surface area (TPSA) is 77.6 Å². The van der Waals surface area contributed by atoms with E-state index in [0.717, 1.165) is 44.4 Å². The minimum atomic E-state index is -4.39. The van der Waals surface area contributed by atoms with Crippen molar-refractivity contribution in [2.75, 3.05) is 31.1 Å². The fourth-order valence-electron chi connectivity index (χ4n) is 7.32. The average Bonchev–Trinajstić information content (AvgIpc) is 2.79.